The van der Waals surface area contributed by atoms with Gasteiger partial charge in [0.15, 0.2) is 5.82 Å². The van der Waals surface area contributed by atoms with E-state index in [1.54, 1.807) is 0 Å². The Morgan fingerprint density at radius 1 is 0.339 bits per heavy atom. The highest BCUT2D eigenvalue weighted by atomic mass is 14.9. The van der Waals surface area contributed by atoms with E-state index >= 15 is 0 Å². The molecule has 264 valence electrons. The van der Waals surface area contributed by atoms with Crippen LogP contribution >= 0.6 is 0 Å². The summed E-state index contributed by atoms with van der Waals surface area (Å²) in [4.78, 5) is 10.5. The standard InChI is InChI=1S/C54H38N2/c1-53(2)46-28-12-13-29-47(46)54(44-26-10-8-23-41(44)42-24-9-11-27-45(42)54)48-31-30-38(33-49(48)53)37-20-14-21-39(32-37)51-34-50(36-17-4-3-5-18-36)55-52(56-51)43-25-15-19-35-16-6-7-22-40(35)43/h3-34H,1-2H3. The first kappa shape index (κ1) is 32.5. The molecule has 11 rings (SSSR count). The molecule has 0 fully saturated rings. The minimum atomic E-state index is -0.401. The number of hydrogen-bond acceptors (Lipinski definition) is 2. The monoisotopic (exact) mass is 714 g/mol. The molecule has 2 aliphatic carbocycles. The van der Waals surface area contributed by atoms with Crippen molar-refractivity contribution in [3.63, 3.8) is 0 Å². The minimum absolute atomic E-state index is 0.220. The van der Waals surface area contributed by atoms with Crippen molar-refractivity contribution in [1.29, 1.82) is 0 Å². The van der Waals surface area contributed by atoms with Gasteiger partial charge in [-0.1, -0.05) is 190 Å². The van der Waals surface area contributed by atoms with Crippen LogP contribution in [0.15, 0.2) is 194 Å². The fraction of sp³-hybridized carbons (Fsp3) is 0.0741. The molecule has 0 bridgehead atoms. The number of aromatic nitrogens is 2. The Morgan fingerprint density at radius 2 is 0.857 bits per heavy atom. The van der Waals surface area contributed by atoms with Crippen LogP contribution in [0.1, 0.15) is 47.2 Å². The molecule has 0 atom stereocenters. The minimum Gasteiger partial charge on any atom is -0.228 e. The average Bonchev–Trinajstić information content (AvgIpc) is 3.56. The molecule has 0 aliphatic heterocycles. The lowest BCUT2D eigenvalue weighted by molar-refractivity contribution is 0.563. The molecule has 0 radical (unpaired) electrons. The molecule has 9 aromatic rings. The molecular formula is C54H38N2. The molecule has 2 nitrogen and oxygen atoms in total. The van der Waals surface area contributed by atoms with Gasteiger partial charge in [-0.05, 0) is 84.6 Å². The predicted molar refractivity (Wildman–Crippen MR) is 231 cm³/mol. The first-order chi connectivity index (χ1) is 27.5. The van der Waals surface area contributed by atoms with E-state index < -0.39 is 5.41 Å². The maximum Gasteiger partial charge on any atom is 0.161 e. The summed E-state index contributed by atoms with van der Waals surface area (Å²) in [6.07, 6.45) is 0. The third-order valence-corrected chi connectivity index (χ3v) is 12.4. The van der Waals surface area contributed by atoms with Gasteiger partial charge in [0.2, 0.25) is 0 Å². The van der Waals surface area contributed by atoms with E-state index in [1.165, 1.54) is 55.5 Å². The highest BCUT2D eigenvalue weighted by molar-refractivity contribution is 5.96. The summed E-state index contributed by atoms with van der Waals surface area (Å²) in [5.41, 5.74) is 17.5. The Labute approximate surface area is 327 Å². The van der Waals surface area contributed by atoms with Crippen molar-refractivity contribution in [3.05, 3.63) is 228 Å². The first-order valence-electron chi connectivity index (χ1n) is 19.5. The zero-order chi connectivity index (χ0) is 37.4. The van der Waals surface area contributed by atoms with E-state index in [9.17, 15) is 0 Å². The van der Waals surface area contributed by atoms with E-state index in [4.69, 9.17) is 9.97 Å². The third kappa shape index (κ3) is 4.69. The number of fused-ring (bicyclic) bond motifs is 10. The van der Waals surface area contributed by atoms with Crippen molar-refractivity contribution in [2.75, 3.05) is 0 Å². The van der Waals surface area contributed by atoms with Gasteiger partial charge in [0.05, 0.1) is 16.8 Å². The SMILES string of the molecule is CC1(C)c2ccccc2C2(c3ccccc3-c3ccccc32)c2ccc(-c3cccc(-c4cc(-c5ccccc5)nc(-c5cccc6ccccc56)n4)c3)cc21. The maximum atomic E-state index is 5.28. The van der Waals surface area contributed by atoms with E-state index in [-0.39, 0.29) is 5.41 Å². The van der Waals surface area contributed by atoms with E-state index in [1.807, 2.05) is 6.07 Å². The maximum absolute atomic E-state index is 5.28. The van der Waals surface area contributed by atoms with E-state index in [0.717, 1.165) is 44.9 Å². The van der Waals surface area contributed by atoms with Crippen LogP contribution in [0.4, 0.5) is 0 Å². The number of rotatable bonds is 4. The van der Waals surface area contributed by atoms with Gasteiger partial charge in [-0.2, -0.15) is 0 Å². The van der Waals surface area contributed by atoms with Gasteiger partial charge in [0.25, 0.3) is 0 Å². The van der Waals surface area contributed by atoms with Crippen LogP contribution in [0, 0.1) is 0 Å². The molecule has 56 heavy (non-hydrogen) atoms. The van der Waals surface area contributed by atoms with Crippen LogP contribution in [0.5, 0.6) is 0 Å². The van der Waals surface area contributed by atoms with E-state index in [0.29, 0.717) is 0 Å². The highest BCUT2D eigenvalue weighted by Crippen LogP contribution is 2.62. The van der Waals surface area contributed by atoms with Gasteiger partial charge in [0.1, 0.15) is 0 Å². The molecule has 0 saturated heterocycles. The molecule has 2 aliphatic rings. The summed E-state index contributed by atoms with van der Waals surface area (Å²) < 4.78 is 0. The fourth-order valence-corrected chi connectivity index (χ4v) is 9.78. The molecule has 0 N–H and O–H groups in total. The summed E-state index contributed by atoms with van der Waals surface area (Å²) in [5, 5.41) is 2.31. The number of nitrogens with zero attached hydrogens (tertiary/aromatic N) is 2. The van der Waals surface area contributed by atoms with Crippen LogP contribution in [0.3, 0.4) is 0 Å². The second-order valence-electron chi connectivity index (χ2n) is 15.7. The van der Waals surface area contributed by atoms with Crippen LogP contribution < -0.4 is 0 Å². The van der Waals surface area contributed by atoms with Gasteiger partial charge >= 0.3 is 0 Å². The zero-order valence-electron chi connectivity index (χ0n) is 31.4. The predicted octanol–water partition coefficient (Wildman–Crippen LogP) is 13.3. The molecule has 1 heterocycles. The average molecular weight is 715 g/mol. The third-order valence-electron chi connectivity index (χ3n) is 12.4. The van der Waals surface area contributed by atoms with Crippen molar-refractivity contribution in [3.8, 4) is 56.2 Å². The largest absolute Gasteiger partial charge is 0.228 e. The molecule has 2 heteroatoms. The second kappa shape index (κ2) is 12.3. The Morgan fingerprint density at radius 3 is 1.62 bits per heavy atom. The molecular weight excluding hydrogens is 677 g/mol. The number of benzene rings is 8. The van der Waals surface area contributed by atoms with Gasteiger partial charge in [-0.25, -0.2) is 9.97 Å². The van der Waals surface area contributed by atoms with E-state index in [2.05, 4.69) is 202 Å². The normalized spacial score (nSPS) is 14.2. The van der Waals surface area contributed by atoms with Crippen molar-refractivity contribution in [1.82, 2.24) is 9.97 Å². The van der Waals surface area contributed by atoms with Gasteiger partial charge in [0, 0.05) is 22.1 Å². The van der Waals surface area contributed by atoms with Crippen molar-refractivity contribution in [2.45, 2.75) is 24.7 Å². The second-order valence-corrected chi connectivity index (χ2v) is 15.7. The zero-order valence-corrected chi connectivity index (χ0v) is 31.4. The summed E-state index contributed by atoms with van der Waals surface area (Å²) in [6.45, 7) is 4.79. The summed E-state index contributed by atoms with van der Waals surface area (Å²) in [6, 6.07) is 70.7. The van der Waals surface area contributed by atoms with Crippen molar-refractivity contribution < 1.29 is 0 Å². The van der Waals surface area contributed by atoms with Crippen molar-refractivity contribution in [2.24, 2.45) is 0 Å². The molecule has 0 saturated carbocycles. The molecule has 0 amide bonds. The summed E-state index contributed by atoms with van der Waals surface area (Å²) in [5.74, 6) is 0.722. The Kier molecular flexibility index (Phi) is 7.15. The lowest BCUT2D eigenvalue weighted by atomic mass is 9.55. The Bertz CT molecular complexity index is 2960. The quantitative estimate of drug-likeness (QED) is 0.181. The highest BCUT2D eigenvalue weighted by Gasteiger charge is 2.53. The van der Waals surface area contributed by atoms with Crippen LogP contribution in [0.2, 0.25) is 0 Å². The molecule has 8 aromatic carbocycles. The molecule has 1 spiro atoms. The van der Waals surface area contributed by atoms with Gasteiger partial charge in [-0.3, -0.25) is 0 Å². The Hall–Kier alpha value is -6.90. The van der Waals surface area contributed by atoms with Crippen molar-refractivity contribution >= 4 is 10.8 Å². The molecule has 0 unspecified atom stereocenters. The number of hydrogen-bond donors (Lipinski definition) is 0. The first-order valence-corrected chi connectivity index (χ1v) is 19.5. The Balaban J connectivity index is 1.09. The van der Waals surface area contributed by atoms with Gasteiger partial charge < -0.3 is 0 Å². The van der Waals surface area contributed by atoms with Crippen LogP contribution in [-0.2, 0) is 10.8 Å². The lowest BCUT2D eigenvalue weighted by Crippen LogP contribution is -2.40. The fourth-order valence-electron chi connectivity index (χ4n) is 9.78. The lowest BCUT2D eigenvalue weighted by Gasteiger charge is -2.46. The topological polar surface area (TPSA) is 25.8 Å². The molecule has 1 aromatic heterocycles. The van der Waals surface area contributed by atoms with Crippen LogP contribution in [0.25, 0.3) is 66.9 Å². The van der Waals surface area contributed by atoms with Crippen LogP contribution in [-0.4, -0.2) is 9.97 Å². The van der Waals surface area contributed by atoms with Gasteiger partial charge in [-0.15, -0.1) is 0 Å². The summed E-state index contributed by atoms with van der Waals surface area (Å²) >= 11 is 0. The summed E-state index contributed by atoms with van der Waals surface area (Å²) in [7, 11) is 0. The smallest absolute Gasteiger partial charge is 0.161 e.